The number of benzene rings is 1. The van der Waals surface area contributed by atoms with Gasteiger partial charge in [0.1, 0.15) is 0 Å². The van der Waals surface area contributed by atoms with Gasteiger partial charge in [-0.05, 0) is 44.5 Å². The van der Waals surface area contributed by atoms with Crippen molar-refractivity contribution in [3.05, 3.63) is 23.3 Å². The van der Waals surface area contributed by atoms with Crippen molar-refractivity contribution >= 4 is 17.8 Å². The van der Waals surface area contributed by atoms with Gasteiger partial charge in [0.2, 0.25) is 0 Å². The third-order valence-corrected chi connectivity index (χ3v) is 7.49. The van der Waals surface area contributed by atoms with Crippen molar-refractivity contribution in [2.75, 3.05) is 20.2 Å². The molecule has 2 aliphatic heterocycles. The Balaban J connectivity index is 1.57. The molecule has 5 atom stereocenters. The number of nitrogens with zero attached hydrogens (tertiary/aromatic N) is 1. The number of likely N-dealkylation sites (tertiary alicyclic amines) is 1. The van der Waals surface area contributed by atoms with Crippen LogP contribution in [0.5, 0.6) is 11.5 Å². The number of hydrogen-bond donors (Lipinski definition) is 4. The lowest BCUT2D eigenvalue weighted by atomic mass is 9.49. The molecule has 10 heteroatoms. The van der Waals surface area contributed by atoms with E-state index in [1.807, 2.05) is 7.05 Å². The topological polar surface area (TPSA) is 146 Å². The highest BCUT2D eigenvalue weighted by molar-refractivity contribution is 5.90. The molecule has 1 aromatic rings. The van der Waals surface area contributed by atoms with Gasteiger partial charge in [-0.2, -0.15) is 0 Å². The van der Waals surface area contributed by atoms with E-state index < -0.39 is 41.8 Å². The van der Waals surface area contributed by atoms with Crippen LogP contribution in [0.3, 0.4) is 0 Å². The predicted molar refractivity (Wildman–Crippen MR) is 104 cm³/mol. The van der Waals surface area contributed by atoms with Gasteiger partial charge in [-0.3, -0.25) is 4.79 Å². The molecule has 2 bridgehead atoms. The molecule has 1 unspecified atom stereocenters. The number of carboxylic acids is 1. The minimum absolute atomic E-state index is 0.0506. The number of ether oxygens (including phenoxy) is 2. The number of ketones is 1. The Morgan fingerprint density at radius 1 is 1.39 bits per heavy atom. The zero-order valence-electron chi connectivity index (χ0n) is 17.0. The number of aliphatic hydroxyl groups is 2. The number of rotatable bonds is 4. The van der Waals surface area contributed by atoms with Crippen LogP contribution in [-0.2, 0) is 21.4 Å². The molecule has 5 rings (SSSR count). The largest absolute Gasteiger partial charge is 0.480 e. The first kappa shape index (κ1) is 20.2. The van der Waals surface area contributed by atoms with E-state index in [1.165, 1.54) is 0 Å². The van der Waals surface area contributed by atoms with Gasteiger partial charge in [0.05, 0.1) is 17.6 Å². The summed E-state index contributed by atoms with van der Waals surface area (Å²) in [6.45, 7) is -0.0963. The fourth-order valence-electron chi connectivity index (χ4n) is 6.06. The van der Waals surface area contributed by atoms with Crippen LogP contribution in [0.2, 0.25) is 0 Å². The summed E-state index contributed by atoms with van der Waals surface area (Å²) >= 11 is 0. The number of nitrogens with one attached hydrogen (secondary N) is 1. The Morgan fingerprint density at radius 2 is 2.16 bits per heavy atom. The van der Waals surface area contributed by atoms with E-state index in [1.54, 1.807) is 12.1 Å². The molecule has 4 aliphatic rings. The number of hydrogen-bond acceptors (Lipinski definition) is 8. The maximum atomic E-state index is 12.9. The van der Waals surface area contributed by atoms with E-state index in [4.69, 9.17) is 19.7 Å². The molecule has 1 saturated heterocycles. The van der Waals surface area contributed by atoms with Crippen molar-refractivity contribution in [1.82, 2.24) is 10.2 Å². The molecule has 1 aromatic carbocycles. The van der Waals surface area contributed by atoms with Crippen molar-refractivity contribution in [3.8, 4) is 11.5 Å². The van der Waals surface area contributed by atoms with E-state index in [2.05, 4.69) is 10.2 Å². The van der Waals surface area contributed by atoms with Gasteiger partial charge in [-0.15, -0.1) is 0 Å². The molecule has 1 saturated carbocycles. The Hall–Kier alpha value is -2.69. The predicted octanol–water partition coefficient (Wildman–Crippen LogP) is -0.426. The summed E-state index contributed by atoms with van der Waals surface area (Å²) in [6.07, 6.45) is -0.236. The number of Topliss-reactive ketones (excluding diaryl/α,β-unsaturated/α-hetero) is 1. The normalized spacial score (nSPS) is 33.8. The standard InChI is InChI=1S/C21H24N2O8/c1-23-7-6-20-15-10-2-3-13(30-19(28)22-11(9-24)18(26)27)16(15)31-17(20)12(25)4-5-21(20,29)14(23)8-10/h2-3,11,14,17,24,29H,4-9H2,1H3,(H,22,28)(H,26,27)/t11-,14+,17-,20?,21+/m0/s1. The highest BCUT2D eigenvalue weighted by Gasteiger charge is 2.72. The van der Waals surface area contributed by atoms with Crippen molar-refractivity contribution < 1.29 is 39.2 Å². The van der Waals surface area contributed by atoms with Gasteiger partial charge in [0, 0.05) is 18.0 Å². The van der Waals surface area contributed by atoms with Crippen molar-refractivity contribution in [3.63, 3.8) is 0 Å². The van der Waals surface area contributed by atoms with E-state index in [0.717, 1.165) is 11.1 Å². The summed E-state index contributed by atoms with van der Waals surface area (Å²) in [5.41, 5.74) is -0.365. The first-order valence-electron chi connectivity index (χ1n) is 10.3. The smallest absolute Gasteiger partial charge is 0.413 e. The van der Waals surface area contributed by atoms with Crippen LogP contribution in [0.4, 0.5) is 4.79 Å². The third kappa shape index (κ3) is 2.52. The number of carboxylic acid groups (broad SMARTS) is 1. The maximum absolute atomic E-state index is 12.9. The van der Waals surface area contributed by atoms with E-state index in [9.17, 15) is 19.5 Å². The number of amides is 1. The molecule has 10 nitrogen and oxygen atoms in total. The molecule has 2 aliphatic carbocycles. The first-order chi connectivity index (χ1) is 14.7. The SMILES string of the molecule is CN1CCC23c4c5ccc(OC(=O)N[C@@H](CO)C(=O)O)c4O[C@H]2C(=O)CC[C@@]3(O)[C@H]1C5. The highest BCUT2D eigenvalue weighted by Crippen LogP contribution is 2.64. The van der Waals surface area contributed by atoms with Crippen LogP contribution in [0.25, 0.3) is 0 Å². The van der Waals surface area contributed by atoms with Gasteiger partial charge in [-0.1, -0.05) is 6.07 Å². The molecule has 2 fully saturated rings. The number of aliphatic carboxylic acids is 1. The van der Waals surface area contributed by atoms with Crippen molar-refractivity contribution in [2.24, 2.45) is 0 Å². The van der Waals surface area contributed by atoms with E-state index in [-0.39, 0.29) is 29.7 Å². The molecule has 1 spiro atoms. The minimum Gasteiger partial charge on any atom is -0.480 e. The lowest BCUT2D eigenvalue weighted by molar-refractivity contribution is -0.185. The summed E-state index contributed by atoms with van der Waals surface area (Å²) in [7, 11) is 1.98. The summed E-state index contributed by atoms with van der Waals surface area (Å²) in [6, 6.07) is 1.71. The van der Waals surface area contributed by atoms with Crippen LogP contribution in [0.15, 0.2) is 12.1 Å². The quantitative estimate of drug-likeness (QED) is 0.498. The third-order valence-electron chi connectivity index (χ3n) is 7.49. The molecule has 4 N–H and O–H groups in total. The van der Waals surface area contributed by atoms with E-state index >= 15 is 0 Å². The number of likely N-dealkylation sites (N-methyl/N-ethyl adjacent to an activating group) is 1. The monoisotopic (exact) mass is 432 g/mol. The molecule has 0 aromatic heterocycles. The summed E-state index contributed by atoms with van der Waals surface area (Å²) in [5.74, 6) is -1.18. The van der Waals surface area contributed by atoms with Crippen LogP contribution in [0.1, 0.15) is 30.4 Å². The molecule has 0 radical (unpaired) electrons. The van der Waals surface area contributed by atoms with Crippen molar-refractivity contribution in [1.29, 1.82) is 0 Å². The molecule has 1 amide bonds. The fourth-order valence-corrected chi connectivity index (χ4v) is 6.06. The number of carbonyl (C=O) groups excluding carboxylic acids is 2. The maximum Gasteiger partial charge on any atom is 0.413 e. The van der Waals surface area contributed by atoms with Crippen molar-refractivity contribution in [2.45, 2.75) is 54.9 Å². The molecular weight excluding hydrogens is 408 g/mol. The van der Waals surface area contributed by atoms with Gasteiger partial charge in [0.25, 0.3) is 0 Å². The number of carbonyl (C=O) groups is 3. The second-order valence-electron chi connectivity index (χ2n) is 8.84. The summed E-state index contributed by atoms with van der Waals surface area (Å²) < 4.78 is 11.4. The van der Waals surface area contributed by atoms with Gasteiger partial charge in [0.15, 0.2) is 29.4 Å². The lowest BCUT2D eigenvalue weighted by Crippen LogP contribution is -2.76. The highest BCUT2D eigenvalue weighted by atomic mass is 16.6. The number of piperidine rings is 1. The van der Waals surface area contributed by atoms with E-state index in [0.29, 0.717) is 25.8 Å². The second-order valence-corrected chi connectivity index (χ2v) is 8.84. The Morgan fingerprint density at radius 3 is 2.87 bits per heavy atom. The molecule has 2 heterocycles. The lowest BCUT2D eigenvalue weighted by Gasteiger charge is -2.61. The molecular formula is C21H24N2O8. The molecule has 31 heavy (non-hydrogen) atoms. The minimum atomic E-state index is -1.51. The average Bonchev–Trinajstić information content (AvgIpc) is 3.09. The zero-order valence-corrected chi connectivity index (χ0v) is 17.0. The van der Waals surface area contributed by atoms with Crippen LogP contribution < -0.4 is 14.8 Å². The molecule has 166 valence electrons. The first-order valence-corrected chi connectivity index (χ1v) is 10.3. The van der Waals surface area contributed by atoms with Crippen LogP contribution in [0, 0.1) is 0 Å². The second kappa shape index (κ2) is 6.65. The average molecular weight is 432 g/mol. The Labute approximate surface area is 177 Å². The summed E-state index contributed by atoms with van der Waals surface area (Å²) in [4.78, 5) is 38.3. The number of aliphatic hydroxyl groups excluding tert-OH is 1. The summed E-state index contributed by atoms with van der Waals surface area (Å²) in [5, 5.41) is 32.1. The van der Waals surface area contributed by atoms with Gasteiger partial charge < -0.3 is 35.0 Å². The van der Waals surface area contributed by atoms with Gasteiger partial charge >= 0.3 is 12.1 Å². The van der Waals surface area contributed by atoms with Crippen LogP contribution >= 0.6 is 0 Å². The zero-order chi connectivity index (χ0) is 22.1. The fraction of sp³-hybridized carbons (Fsp3) is 0.571. The Kier molecular flexibility index (Phi) is 4.34. The Bertz CT molecular complexity index is 996. The van der Waals surface area contributed by atoms with Crippen LogP contribution in [-0.4, -0.2) is 82.1 Å². The van der Waals surface area contributed by atoms with Gasteiger partial charge in [-0.25, -0.2) is 9.59 Å².